The summed E-state index contributed by atoms with van der Waals surface area (Å²) in [5.41, 5.74) is 0.891. The molecule has 2 aromatic heterocycles. The van der Waals surface area contributed by atoms with Gasteiger partial charge in [-0.25, -0.2) is 0 Å². The predicted molar refractivity (Wildman–Crippen MR) is 103 cm³/mol. The van der Waals surface area contributed by atoms with Crippen molar-refractivity contribution in [3.8, 4) is 0 Å². The highest BCUT2D eigenvalue weighted by Gasteiger charge is 2.24. The van der Waals surface area contributed by atoms with Crippen molar-refractivity contribution < 1.29 is 9.53 Å². The number of thioether (sulfide) groups is 1. The second-order valence-corrected chi connectivity index (χ2v) is 8.42. The number of esters is 1. The van der Waals surface area contributed by atoms with Crippen LogP contribution in [0.5, 0.6) is 0 Å². The van der Waals surface area contributed by atoms with E-state index in [0.29, 0.717) is 0 Å². The molecule has 3 aromatic rings. The van der Waals surface area contributed by atoms with Gasteiger partial charge >= 0.3 is 5.97 Å². The van der Waals surface area contributed by atoms with Gasteiger partial charge in [0, 0.05) is 11.4 Å². The first kappa shape index (κ1) is 17.9. The summed E-state index contributed by atoms with van der Waals surface area (Å²) in [5, 5.41) is 14.0. The zero-order valence-corrected chi connectivity index (χ0v) is 16.0. The molecule has 0 saturated carbocycles. The van der Waals surface area contributed by atoms with Crippen molar-refractivity contribution in [2.75, 3.05) is 19.0 Å². The molecule has 1 atom stereocenters. The number of hydrogen-bond donors (Lipinski definition) is 1. The number of nitrogens with zero attached hydrogens (tertiary/aromatic N) is 2. The first-order valence-corrected chi connectivity index (χ1v) is 10.2. The van der Waals surface area contributed by atoms with Crippen molar-refractivity contribution in [2.24, 2.45) is 0 Å². The van der Waals surface area contributed by atoms with E-state index in [1.165, 1.54) is 35.1 Å². The third-order valence-electron chi connectivity index (χ3n) is 3.37. The monoisotopic (exact) mass is 391 g/mol. The van der Waals surface area contributed by atoms with Gasteiger partial charge in [0.25, 0.3) is 0 Å². The number of rotatable bonds is 8. The van der Waals surface area contributed by atoms with Gasteiger partial charge in [-0.05, 0) is 23.4 Å². The Bertz CT molecular complexity index is 791. The van der Waals surface area contributed by atoms with Crippen molar-refractivity contribution >= 4 is 45.5 Å². The Labute approximate surface area is 158 Å². The van der Waals surface area contributed by atoms with Gasteiger partial charge < -0.3 is 10.1 Å². The molecule has 0 radical (unpaired) electrons. The molecule has 0 aliphatic heterocycles. The van der Waals surface area contributed by atoms with Gasteiger partial charge in [-0.1, -0.05) is 59.5 Å². The maximum atomic E-state index is 12.1. The van der Waals surface area contributed by atoms with Crippen LogP contribution in [-0.4, -0.2) is 29.8 Å². The van der Waals surface area contributed by atoms with E-state index in [2.05, 4.69) is 33.0 Å². The zero-order valence-electron chi connectivity index (χ0n) is 13.5. The number of anilines is 1. The number of ether oxygens (including phenoxy) is 1. The molecule has 1 unspecified atom stereocenters. The summed E-state index contributed by atoms with van der Waals surface area (Å²) >= 11 is 4.55. The van der Waals surface area contributed by atoms with Crippen molar-refractivity contribution in [3.63, 3.8) is 0 Å². The lowest BCUT2D eigenvalue weighted by Gasteiger charge is -2.12. The maximum absolute atomic E-state index is 12.1. The summed E-state index contributed by atoms with van der Waals surface area (Å²) in [7, 11) is 1.40. The fraction of sp³-hybridized carbons (Fsp3) is 0.235. The Morgan fingerprint density at radius 2 is 2.08 bits per heavy atom. The van der Waals surface area contributed by atoms with Crippen LogP contribution in [-0.2, 0) is 16.0 Å². The van der Waals surface area contributed by atoms with Crippen LogP contribution in [0.1, 0.15) is 15.7 Å². The van der Waals surface area contributed by atoms with E-state index < -0.39 is 5.25 Å². The highest BCUT2D eigenvalue weighted by atomic mass is 32.2. The summed E-state index contributed by atoms with van der Waals surface area (Å²) in [4.78, 5) is 13.5. The molecule has 0 aliphatic rings. The number of nitrogens with one attached hydrogen (secondary N) is 1. The summed E-state index contributed by atoms with van der Waals surface area (Å²) in [6, 6.07) is 13.7. The molecule has 0 aliphatic carbocycles. The number of carbonyl (C=O) groups excluding carboxylic acids is 1. The van der Waals surface area contributed by atoms with Gasteiger partial charge in [-0.3, -0.25) is 4.79 Å². The van der Waals surface area contributed by atoms with Crippen molar-refractivity contribution in [2.45, 2.75) is 16.0 Å². The Balaban J connectivity index is 1.61. The summed E-state index contributed by atoms with van der Waals surface area (Å²) in [6.45, 7) is 0.804. The molecule has 0 bridgehead atoms. The van der Waals surface area contributed by atoms with Crippen LogP contribution < -0.4 is 5.32 Å². The molecular weight excluding hydrogens is 374 g/mol. The first-order chi connectivity index (χ1) is 12.3. The lowest BCUT2D eigenvalue weighted by atomic mass is 10.1. The van der Waals surface area contributed by atoms with Gasteiger partial charge in [0.05, 0.1) is 7.11 Å². The van der Waals surface area contributed by atoms with Gasteiger partial charge in [0.2, 0.25) is 5.13 Å². The first-order valence-electron chi connectivity index (χ1n) is 7.65. The normalized spacial score (nSPS) is 11.9. The van der Waals surface area contributed by atoms with Crippen LogP contribution in [0.2, 0.25) is 0 Å². The highest BCUT2D eigenvalue weighted by Crippen LogP contribution is 2.38. The third-order valence-corrected chi connectivity index (χ3v) is 6.50. The van der Waals surface area contributed by atoms with Gasteiger partial charge in [-0.15, -0.1) is 21.5 Å². The predicted octanol–water partition coefficient (Wildman–Crippen LogP) is 4.26. The minimum atomic E-state index is -0.446. The number of aromatic nitrogens is 2. The average molecular weight is 392 g/mol. The van der Waals surface area contributed by atoms with E-state index in [-0.39, 0.29) is 5.97 Å². The van der Waals surface area contributed by atoms with Crippen LogP contribution in [0.3, 0.4) is 0 Å². The topological polar surface area (TPSA) is 64.1 Å². The number of hydrogen-bond acceptors (Lipinski definition) is 8. The van der Waals surface area contributed by atoms with Crippen molar-refractivity contribution in [3.05, 3.63) is 58.3 Å². The molecule has 3 rings (SSSR count). The number of benzene rings is 1. The Morgan fingerprint density at radius 1 is 1.24 bits per heavy atom. The third kappa shape index (κ3) is 5.04. The smallest absolute Gasteiger partial charge is 0.323 e. The lowest BCUT2D eigenvalue weighted by Crippen LogP contribution is -2.10. The number of carbonyl (C=O) groups is 1. The Kier molecular flexibility index (Phi) is 6.43. The molecule has 5 nitrogen and oxygen atoms in total. The Hall–Kier alpha value is -1.90. The van der Waals surface area contributed by atoms with E-state index in [1.807, 2.05) is 30.3 Å². The van der Waals surface area contributed by atoms with Crippen molar-refractivity contribution in [1.82, 2.24) is 10.2 Å². The van der Waals surface area contributed by atoms with Crippen LogP contribution in [0, 0.1) is 0 Å². The average Bonchev–Trinajstić information content (AvgIpc) is 3.32. The van der Waals surface area contributed by atoms with Crippen LogP contribution in [0.4, 0.5) is 5.13 Å². The second-order valence-electron chi connectivity index (χ2n) is 5.06. The molecule has 8 heteroatoms. The van der Waals surface area contributed by atoms with Gasteiger partial charge in [0.15, 0.2) is 4.34 Å². The molecule has 0 fully saturated rings. The van der Waals surface area contributed by atoms with E-state index in [0.717, 1.165) is 28.0 Å². The Morgan fingerprint density at radius 3 is 2.80 bits per heavy atom. The van der Waals surface area contributed by atoms with E-state index in [1.54, 1.807) is 11.3 Å². The van der Waals surface area contributed by atoms with Gasteiger partial charge in [-0.2, -0.15) is 0 Å². The SMILES string of the molecule is COC(=O)C(Sc1nnc(NCCc2cccs2)s1)c1ccccc1. The molecule has 0 spiro atoms. The van der Waals surface area contributed by atoms with E-state index in [9.17, 15) is 4.79 Å². The van der Waals surface area contributed by atoms with Crippen LogP contribution in [0.25, 0.3) is 0 Å². The molecule has 0 amide bonds. The molecular formula is C17H17N3O2S3. The fourth-order valence-electron chi connectivity index (χ4n) is 2.16. The summed E-state index contributed by atoms with van der Waals surface area (Å²) < 4.78 is 5.67. The standard InChI is InChI=1S/C17H17N3O2S3/c1-22-15(21)14(12-6-3-2-4-7-12)24-17-20-19-16(25-17)18-10-9-13-8-5-11-23-13/h2-8,11,14H,9-10H2,1H3,(H,18,19). The second kappa shape index (κ2) is 8.98. The maximum Gasteiger partial charge on any atom is 0.323 e. The lowest BCUT2D eigenvalue weighted by molar-refractivity contribution is -0.140. The zero-order chi connectivity index (χ0) is 17.5. The van der Waals surface area contributed by atoms with Crippen molar-refractivity contribution in [1.29, 1.82) is 0 Å². The minimum absolute atomic E-state index is 0.293. The van der Waals surface area contributed by atoms with Gasteiger partial charge in [0.1, 0.15) is 5.25 Å². The minimum Gasteiger partial charge on any atom is -0.468 e. The highest BCUT2D eigenvalue weighted by molar-refractivity contribution is 8.01. The fourth-order valence-corrected chi connectivity index (χ4v) is 4.87. The molecule has 1 N–H and O–H groups in total. The molecule has 0 saturated heterocycles. The molecule has 1 aromatic carbocycles. The molecule has 130 valence electrons. The molecule has 25 heavy (non-hydrogen) atoms. The summed E-state index contributed by atoms with van der Waals surface area (Å²) in [6.07, 6.45) is 0.953. The number of thiophene rings is 1. The summed E-state index contributed by atoms with van der Waals surface area (Å²) in [5.74, 6) is -0.293. The van der Waals surface area contributed by atoms with Crippen LogP contribution >= 0.6 is 34.4 Å². The van der Waals surface area contributed by atoms with Crippen LogP contribution in [0.15, 0.2) is 52.2 Å². The van der Waals surface area contributed by atoms with E-state index in [4.69, 9.17) is 4.74 Å². The largest absolute Gasteiger partial charge is 0.468 e. The van der Waals surface area contributed by atoms with E-state index >= 15 is 0 Å². The molecule has 2 heterocycles. The number of methoxy groups -OCH3 is 1. The quantitative estimate of drug-likeness (QED) is 0.457.